The Morgan fingerprint density at radius 3 is 2.74 bits per heavy atom. The lowest BCUT2D eigenvalue weighted by atomic mass is 10.2. The van der Waals surface area contributed by atoms with E-state index in [1.165, 1.54) is 24.6 Å². The van der Waals surface area contributed by atoms with Crippen LogP contribution < -0.4 is 5.32 Å². The van der Waals surface area contributed by atoms with E-state index in [-0.39, 0.29) is 11.2 Å². The van der Waals surface area contributed by atoms with Gasteiger partial charge in [-0.2, -0.15) is 0 Å². The van der Waals surface area contributed by atoms with E-state index in [9.17, 15) is 4.79 Å². The summed E-state index contributed by atoms with van der Waals surface area (Å²) in [6.45, 7) is 5.41. The first kappa shape index (κ1) is 16.1. The van der Waals surface area contributed by atoms with Crippen LogP contribution in [0.5, 0.6) is 0 Å². The Labute approximate surface area is 140 Å². The molecule has 1 aromatic heterocycles. The summed E-state index contributed by atoms with van der Waals surface area (Å²) in [6.07, 6.45) is 2.41. The summed E-state index contributed by atoms with van der Waals surface area (Å²) in [5.41, 5.74) is 1.10. The van der Waals surface area contributed by atoms with E-state index < -0.39 is 0 Å². The molecule has 0 bridgehead atoms. The molecule has 1 aliphatic rings. The summed E-state index contributed by atoms with van der Waals surface area (Å²) < 4.78 is 2.14. The first-order chi connectivity index (χ1) is 11.2. The molecule has 1 aromatic carbocycles. The number of rotatable bonds is 7. The molecular formula is C17H22N4OS. The van der Waals surface area contributed by atoms with Gasteiger partial charge in [-0.1, -0.05) is 42.1 Å². The Kier molecular flexibility index (Phi) is 5.00. The monoisotopic (exact) mass is 330 g/mol. The molecule has 0 radical (unpaired) electrons. The summed E-state index contributed by atoms with van der Waals surface area (Å²) in [7, 11) is 0. The van der Waals surface area contributed by atoms with Crippen LogP contribution in [0.25, 0.3) is 0 Å². The van der Waals surface area contributed by atoms with Crippen molar-refractivity contribution in [2.75, 3.05) is 0 Å². The molecule has 1 heterocycles. The van der Waals surface area contributed by atoms with Crippen molar-refractivity contribution in [3.63, 3.8) is 0 Å². The van der Waals surface area contributed by atoms with E-state index in [1.54, 1.807) is 0 Å². The number of carbonyl (C=O) groups excluding carboxylic acids is 1. The van der Waals surface area contributed by atoms with E-state index in [2.05, 4.69) is 27.0 Å². The maximum Gasteiger partial charge on any atom is 0.233 e. The Morgan fingerprint density at radius 1 is 1.35 bits per heavy atom. The van der Waals surface area contributed by atoms with E-state index in [0.29, 0.717) is 12.5 Å². The molecule has 23 heavy (non-hydrogen) atoms. The smallest absolute Gasteiger partial charge is 0.233 e. The largest absolute Gasteiger partial charge is 0.351 e. The quantitative estimate of drug-likeness (QED) is 0.793. The Morgan fingerprint density at radius 2 is 2.09 bits per heavy atom. The summed E-state index contributed by atoms with van der Waals surface area (Å²) in [4.78, 5) is 12.3. The highest BCUT2D eigenvalue weighted by Gasteiger charge is 2.30. The van der Waals surface area contributed by atoms with Gasteiger partial charge in [0.25, 0.3) is 0 Å². The zero-order valence-corrected chi connectivity index (χ0v) is 14.3. The molecule has 1 N–H and O–H groups in total. The number of amides is 1. The van der Waals surface area contributed by atoms with Crippen molar-refractivity contribution in [2.45, 2.75) is 56.1 Å². The van der Waals surface area contributed by atoms with Crippen molar-refractivity contribution in [1.82, 2.24) is 20.1 Å². The average molecular weight is 330 g/mol. The van der Waals surface area contributed by atoms with Gasteiger partial charge in [-0.25, -0.2) is 0 Å². The number of benzene rings is 1. The molecule has 1 atom stereocenters. The van der Waals surface area contributed by atoms with E-state index in [1.807, 2.05) is 37.3 Å². The average Bonchev–Trinajstić information content (AvgIpc) is 3.34. The van der Waals surface area contributed by atoms with Gasteiger partial charge >= 0.3 is 0 Å². The van der Waals surface area contributed by atoms with Gasteiger partial charge in [-0.3, -0.25) is 4.79 Å². The first-order valence-corrected chi connectivity index (χ1v) is 8.98. The fraction of sp³-hybridized carbons (Fsp3) is 0.471. The van der Waals surface area contributed by atoms with Gasteiger partial charge in [0, 0.05) is 19.0 Å². The molecule has 1 saturated carbocycles. The third kappa shape index (κ3) is 3.93. The summed E-state index contributed by atoms with van der Waals surface area (Å²) >= 11 is 1.48. The fourth-order valence-electron chi connectivity index (χ4n) is 2.47. The minimum atomic E-state index is -0.194. The zero-order valence-electron chi connectivity index (χ0n) is 13.5. The molecule has 0 aliphatic heterocycles. The predicted octanol–water partition coefficient (Wildman–Crippen LogP) is 2.97. The number of carbonyl (C=O) groups is 1. The van der Waals surface area contributed by atoms with E-state index >= 15 is 0 Å². The van der Waals surface area contributed by atoms with Crippen molar-refractivity contribution in [1.29, 1.82) is 0 Å². The van der Waals surface area contributed by atoms with Crippen LogP contribution >= 0.6 is 11.8 Å². The van der Waals surface area contributed by atoms with Crippen LogP contribution in [-0.2, 0) is 17.9 Å². The third-order valence-electron chi connectivity index (χ3n) is 3.97. The molecule has 2 aromatic rings. The summed E-state index contributed by atoms with van der Waals surface area (Å²) in [6, 6.07) is 9.94. The molecule has 122 valence electrons. The Balaban J connectivity index is 1.58. The second kappa shape index (κ2) is 7.17. The maximum atomic E-state index is 12.3. The number of hydrogen-bond donors (Lipinski definition) is 1. The zero-order chi connectivity index (χ0) is 16.2. The molecule has 5 nitrogen and oxygen atoms in total. The van der Waals surface area contributed by atoms with Crippen LogP contribution in [0.15, 0.2) is 35.5 Å². The second-order valence-electron chi connectivity index (χ2n) is 5.82. The maximum absolute atomic E-state index is 12.3. The van der Waals surface area contributed by atoms with Crippen LogP contribution in [-0.4, -0.2) is 25.9 Å². The molecule has 1 aliphatic carbocycles. The molecule has 0 saturated heterocycles. The minimum absolute atomic E-state index is 0.0254. The SMILES string of the molecule is CCn1c(S[C@H](C)C(=O)NCc2ccccc2)nnc1C1CC1. The highest BCUT2D eigenvalue weighted by Crippen LogP contribution is 2.40. The predicted molar refractivity (Wildman–Crippen MR) is 91.3 cm³/mol. The van der Waals surface area contributed by atoms with Crippen LogP contribution in [0.3, 0.4) is 0 Å². The molecular weight excluding hydrogens is 308 g/mol. The van der Waals surface area contributed by atoms with Gasteiger partial charge < -0.3 is 9.88 Å². The van der Waals surface area contributed by atoms with Crippen molar-refractivity contribution in [2.24, 2.45) is 0 Å². The normalized spacial score (nSPS) is 15.4. The standard InChI is InChI=1S/C17H22N4OS/c1-3-21-15(14-9-10-14)19-20-17(21)23-12(2)16(22)18-11-13-7-5-4-6-8-13/h4-8,12,14H,3,9-11H2,1-2H3,(H,18,22)/t12-/m1/s1. The van der Waals surface area contributed by atoms with Crippen LogP contribution in [0.2, 0.25) is 0 Å². The number of hydrogen-bond acceptors (Lipinski definition) is 4. The van der Waals surface area contributed by atoms with Gasteiger partial charge in [0.15, 0.2) is 5.16 Å². The fourth-order valence-corrected chi connectivity index (χ4v) is 3.41. The second-order valence-corrected chi connectivity index (χ2v) is 7.13. The highest BCUT2D eigenvalue weighted by molar-refractivity contribution is 8.00. The topological polar surface area (TPSA) is 59.8 Å². The number of nitrogens with one attached hydrogen (secondary N) is 1. The lowest BCUT2D eigenvalue weighted by Crippen LogP contribution is -2.30. The number of nitrogens with zero attached hydrogens (tertiary/aromatic N) is 3. The summed E-state index contributed by atoms with van der Waals surface area (Å²) in [5.74, 6) is 1.67. The molecule has 0 unspecified atom stereocenters. The first-order valence-electron chi connectivity index (χ1n) is 8.10. The van der Waals surface area contributed by atoms with Crippen molar-refractivity contribution in [3.8, 4) is 0 Å². The van der Waals surface area contributed by atoms with Gasteiger partial charge in [-0.05, 0) is 32.3 Å². The Bertz CT molecular complexity index is 666. The summed E-state index contributed by atoms with van der Waals surface area (Å²) in [5, 5.41) is 12.2. The lowest BCUT2D eigenvalue weighted by Gasteiger charge is -2.12. The van der Waals surface area contributed by atoms with Crippen LogP contribution in [0.4, 0.5) is 0 Å². The molecule has 0 spiro atoms. The van der Waals surface area contributed by atoms with Gasteiger partial charge in [0.2, 0.25) is 5.91 Å². The van der Waals surface area contributed by atoms with Crippen LogP contribution in [0.1, 0.15) is 44.0 Å². The molecule has 1 amide bonds. The van der Waals surface area contributed by atoms with Crippen molar-refractivity contribution < 1.29 is 4.79 Å². The number of thioether (sulfide) groups is 1. The van der Waals surface area contributed by atoms with E-state index in [4.69, 9.17) is 0 Å². The van der Waals surface area contributed by atoms with E-state index in [0.717, 1.165) is 23.1 Å². The van der Waals surface area contributed by atoms with Crippen molar-refractivity contribution >= 4 is 17.7 Å². The van der Waals surface area contributed by atoms with Crippen LogP contribution in [0, 0.1) is 0 Å². The van der Waals surface area contributed by atoms with Gasteiger partial charge in [0.1, 0.15) is 5.82 Å². The van der Waals surface area contributed by atoms with Gasteiger partial charge in [0.05, 0.1) is 5.25 Å². The highest BCUT2D eigenvalue weighted by atomic mass is 32.2. The Hall–Kier alpha value is -1.82. The molecule has 3 rings (SSSR count). The lowest BCUT2D eigenvalue weighted by molar-refractivity contribution is -0.120. The third-order valence-corrected chi connectivity index (χ3v) is 5.05. The molecule has 6 heteroatoms. The molecule has 1 fully saturated rings. The van der Waals surface area contributed by atoms with Crippen molar-refractivity contribution in [3.05, 3.63) is 41.7 Å². The minimum Gasteiger partial charge on any atom is -0.351 e. The van der Waals surface area contributed by atoms with Gasteiger partial charge in [-0.15, -0.1) is 10.2 Å². The number of aromatic nitrogens is 3.